The van der Waals surface area contributed by atoms with Gasteiger partial charge in [0.1, 0.15) is 12.0 Å². The molecular weight excluding hydrogens is 300 g/mol. The molecule has 4 N–H and O–H groups in total. The van der Waals surface area contributed by atoms with E-state index < -0.39 is 0 Å². The van der Waals surface area contributed by atoms with Crippen LogP contribution >= 0.6 is 11.6 Å². The fourth-order valence-corrected chi connectivity index (χ4v) is 1.96. The van der Waals surface area contributed by atoms with Crippen LogP contribution in [-0.4, -0.2) is 15.0 Å². The lowest BCUT2D eigenvalue weighted by Crippen LogP contribution is -2.05. The molecule has 0 aliphatic heterocycles. The van der Waals surface area contributed by atoms with Crippen LogP contribution in [-0.2, 0) is 0 Å². The molecule has 0 bridgehead atoms. The molecule has 7 heteroatoms. The molecule has 0 aliphatic carbocycles. The first-order valence-corrected chi connectivity index (χ1v) is 6.90. The van der Waals surface area contributed by atoms with Gasteiger partial charge in [0.05, 0.1) is 0 Å². The molecule has 2 heterocycles. The summed E-state index contributed by atoms with van der Waals surface area (Å²) < 4.78 is 0. The first kappa shape index (κ1) is 14.1. The van der Waals surface area contributed by atoms with Gasteiger partial charge in [-0.25, -0.2) is 9.97 Å². The third kappa shape index (κ3) is 3.24. The number of nitrogens with one attached hydrogen (secondary N) is 2. The second kappa shape index (κ2) is 6.28. The van der Waals surface area contributed by atoms with Crippen LogP contribution in [0.3, 0.4) is 0 Å². The molecular formula is C15H13ClN6. The normalized spacial score (nSPS) is 10.2. The van der Waals surface area contributed by atoms with Crippen molar-refractivity contribution in [1.82, 2.24) is 15.0 Å². The summed E-state index contributed by atoms with van der Waals surface area (Å²) in [6, 6.07) is 10.9. The van der Waals surface area contributed by atoms with Crippen molar-refractivity contribution in [3.05, 3.63) is 60.1 Å². The Kier molecular flexibility index (Phi) is 4.02. The quantitative estimate of drug-likeness (QED) is 0.682. The highest BCUT2D eigenvalue weighted by atomic mass is 35.5. The minimum absolute atomic E-state index is 0.425. The molecule has 3 rings (SSSR count). The molecule has 0 saturated heterocycles. The van der Waals surface area contributed by atoms with Crippen molar-refractivity contribution in [2.45, 2.75) is 0 Å². The molecule has 3 aromatic rings. The van der Waals surface area contributed by atoms with Gasteiger partial charge >= 0.3 is 0 Å². The van der Waals surface area contributed by atoms with E-state index in [4.69, 9.17) is 17.3 Å². The van der Waals surface area contributed by atoms with Crippen LogP contribution in [0.4, 0.5) is 28.7 Å². The van der Waals surface area contributed by atoms with Gasteiger partial charge in [-0.05, 0) is 36.4 Å². The number of nitrogen functional groups attached to an aromatic ring is 1. The molecule has 0 unspecified atom stereocenters. The van der Waals surface area contributed by atoms with Crippen molar-refractivity contribution in [3.63, 3.8) is 0 Å². The summed E-state index contributed by atoms with van der Waals surface area (Å²) in [7, 11) is 0. The Morgan fingerprint density at radius 3 is 1.95 bits per heavy atom. The van der Waals surface area contributed by atoms with Gasteiger partial charge in [0.25, 0.3) is 0 Å². The largest absolute Gasteiger partial charge is 0.393 e. The number of nitrogens with zero attached hydrogens (tertiary/aromatic N) is 3. The summed E-state index contributed by atoms with van der Waals surface area (Å²) in [6.07, 6.45) is 4.82. The van der Waals surface area contributed by atoms with Crippen molar-refractivity contribution in [2.75, 3.05) is 16.4 Å². The number of halogens is 1. The predicted molar refractivity (Wildman–Crippen MR) is 88.7 cm³/mol. The van der Waals surface area contributed by atoms with E-state index in [-0.39, 0.29) is 0 Å². The Morgan fingerprint density at radius 2 is 1.36 bits per heavy atom. The van der Waals surface area contributed by atoms with Gasteiger partial charge < -0.3 is 16.4 Å². The van der Waals surface area contributed by atoms with E-state index in [9.17, 15) is 0 Å². The van der Waals surface area contributed by atoms with E-state index in [2.05, 4.69) is 25.6 Å². The summed E-state index contributed by atoms with van der Waals surface area (Å²) in [5, 5.41) is 6.94. The lowest BCUT2D eigenvalue weighted by atomic mass is 10.3. The van der Waals surface area contributed by atoms with Gasteiger partial charge in [0.2, 0.25) is 0 Å². The van der Waals surface area contributed by atoms with E-state index in [1.807, 2.05) is 24.3 Å². The van der Waals surface area contributed by atoms with E-state index in [0.717, 1.165) is 11.4 Å². The van der Waals surface area contributed by atoms with Crippen LogP contribution in [0.15, 0.2) is 55.1 Å². The highest BCUT2D eigenvalue weighted by molar-refractivity contribution is 6.30. The first-order chi connectivity index (χ1) is 10.7. The first-order valence-electron chi connectivity index (χ1n) is 6.52. The molecule has 0 spiro atoms. The van der Waals surface area contributed by atoms with Crippen LogP contribution in [0.1, 0.15) is 0 Å². The molecule has 0 amide bonds. The number of rotatable bonds is 4. The zero-order valence-corrected chi connectivity index (χ0v) is 12.2. The van der Waals surface area contributed by atoms with Crippen LogP contribution in [0.2, 0.25) is 5.02 Å². The highest BCUT2D eigenvalue weighted by Gasteiger charge is 2.08. The fourth-order valence-electron chi connectivity index (χ4n) is 1.84. The third-order valence-corrected chi connectivity index (χ3v) is 3.19. The average molecular weight is 313 g/mol. The van der Waals surface area contributed by atoms with Crippen molar-refractivity contribution in [3.8, 4) is 0 Å². The fraction of sp³-hybridized carbons (Fsp3) is 0. The van der Waals surface area contributed by atoms with Gasteiger partial charge in [-0.3, -0.25) is 4.98 Å². The molecule has 1 aromatic carbocycles. The topological polar surface area (TPSA) is 88.8 Å². The van der Waals surface area contributed by atoms with Crippen LogP contribution in [0.5, 0.6) is 0 Å². The monoisotopic (exact) mass is 312 g/mol. The third-order valence-electron chi connectivity index (χ3n) is 2.93. The van der Waals surface area contributed by atoms with E-state index >= 15 is 0 Å². The van der Waals surface area contributed by atoms with E-state index in [1.54, 1.807) is 24.5 Å². The molecule has 0 aliphatic rings. The highest BCUT2D eigenvalue weighted by Crippen LogP contribution is 2.28. The Morgan fingerprint density at radius 1 is 0.818 bits per heavy atom. The minimum Gasteiger partial charge on any atom is -0.393 e. The lowest BCUT2D eigenvalue weighted by molar-refractivity contribution is 1.17. The number of hydrogen-bond acceptors (Lipinski definition) is 6. The summed E-state index contributed by atoms with van der Waals surface area (Å²) >= 11 is 5.87. The SMILES string of the molecule is Nc1c(Nc2ccncc2)ncnc1Nc1ccc(Cl)cc1. The molecule has 0 radical (unpaired) electrons. The summed E-state index contributed by atoms with van der Waals surface area (Å²) in [6.45, 7) is 0. The second-order valence-electron chi connectivity index (χ2n) is 4.48. The molecule has 6 nitrogen and oxygen atoms in total. The van der Waals surface area contributed by atoms with Gasteiger partial charge in [-0.1, -0.05) is 11.6 Å². The molecule has 0 atom stereocenters. The standard InChI is InChI=1S/C15H13ClN6/c16-10-1-3-11(4-2-10)21-14-13(17)15(20-9-19-14)22-12-5-7-18-8-6-12/h1-9H,17H2,(H2,18,19,20,21,22). The van der Waals surface area contributed by atoms with Gasteiger partial charge in [-0.15, -0.1) is 0 Å². The van der Waals surface area contributed by atoms with Crippen molar-refractivity contribution >= 4 is 40.3 Å². The average Bonchev–Trinajstić information content (AvgIpc) is 2.54. The maximum atomic E-state index is 6.12. The Labute approximate surface area is 132 Å². The summed E-state index contributed by atoms with van der Waals surface area (Å²) in [5.74, 6) is 1.05. The number of aromatic nitrogens is 3. The van der Waals surface area contributed by atoms with Crippen molar-refractivity contribution < 1.29 is 0 Å². The maximum absolute atomic E-state index is 6.12. The smallest absolute Gasteiger partial charge is 0.159 e. The zero-order chi connectivity index (χ0) is 15.4. The molecule has 2 aromatic heterocycles. The molecule has 0 saturated carbocycles. The number of benzene rings is 1. The molecule has 22 heavy (non-hydrogen) atoms. The van der Waals surface area contributed by atoms with Gasteiger partial charge in [-0.2, -0.15) is 0 Å². The minimum atomic E-state index is 0.425. The summed E-state index contributed by atoms with van der Waals surface area (Å²) in [4.78, 5) is 12.3. The van der Waals surface area contributed by atoms with Crippen molar-refractivity contribution in [1.29, 1.82) is 0 Å². The van der Waals surface area contributed by atoms with E-state index in [0.29, 0.717) is 22.3 Å². The summed E-state index contributed by atoms with van der Waals surface area (Å²) in [5.41, 5.74) is 8.23. The second-order valence-corrected chi connectivity index (χ2v) is 4.91. The Bertz CT molecular complexity index is 761. The number of hydrogen-bond donors (Lipinski definition) is 3. The van der Waals surface area contributed by atoms with E-state index in [1.165, 1.54) is 6.33 Å². The van der Waals surface area contributed by atoms with Gasteiger partial charge in [0.15, 0.2) is 11.6 Å². The number of nitrogens with two attached hydrogens (primary N) is 1. The van der Waals surface area contributed by atoms with Gasteiger partial charge in [0, 0.05) is 28.8 Å². The number of pyridine rings is 1. The Hall–Kier alpha value is -2.86. The predicted octanol–water partition coefficient (Wildman–Crippen LogP) is 3.59. The lowest BCUT2D eigenvalue weighted by Gasteiger charge is -2.12. The number of anilines is 5. The zero-order valence-electron chi connectivity index (χ0n) is 11.5. The van der Waals surface area contributed by atoms with Crippen molar-refractivity contribution in [2.24, 2.45) is 0 Å². The molecule has 110 valence electrons. The maximum Gasteiger partial charge on any atom is 0.159 e. The Balaban J connectivity index is 1.84. The van der Waals surface area contributed by atoms with Crippen LogP contribution in [0.25, 0.3) is 0 Å². The molecule has 0 fully saturated rings. The van der Waals surface area contributed by atoms with Crippen LogP contribution < -0.4 is 16.4 Å². The van der Waals surface area contributed by atoms with Crippen LogP contribution in [0, 0.1) is 0 Å².